The van der Waals surface area contributed by atoms with E-state index < -0.39 is 0 Å². The third-order valence-electron chi connectivity index (χ3n) is 7.35. The van der Waals surface area contributed by atoms with Gasteiger partial charge in [-0.1, -0.05) is 83.1 Å². The van der Waals surface area contributed by atoms with Crippen molar-refractivity contribution in [3.8, 4) is 32.3 Å². The van der Waals surface area contributed by atoms with Gasteiger partial charge in [-0.25, -0.2) is 38.5 Å². The molecule has 0 bridgehead atoms. The molecule has 0 aliphatic heterocycles. The molecule has 6 N–H and O–H groups in total. The van der Waals surface area contributed by atoms with Crippen LogP contribution < -0.4 is 17.2 Å². The number of hydrogen-bond donors (Lipinski definition) is 3. The van der Waals surface area contributed by atoms with Crippen molar-refractivity contribution in [3.05, 3.63) is 88.4 Å². The molecular weight excluding hydrogens is 811 g/mol. The van der Waals surface area contributed by atoms with Gasteiger partial charge in [-0.2, -0.15) is 15.3 Å². The molecule has 0 amide bonds. The number of rotatable bonds is 3. The predicted octanol–water partition coefficient (Wildman–Crippen LogP) is 11.4. The highest BCUT2D eigenvalue weighted by molar-refractivity contribution is 7.13. The van der Waals surface area contributed by atoms with Crippen molar-refractivity contribution in [2.45, 2.75) is 104 Å². The molecule has 0 aromatic carbocycles. The minimum Gasteiger partial charge on any atom is -0.382 e. The summed E-state index contributed by atoms with van der Waals surface area (Å²) in [4.78, 5) is 25.8. The monoisotopic (exact) mass is 873 g/mol. The number of hydrogen-bond acceptors (Lipinski definition) is 15. The number of fused-ring (bicyclic) bond motifs is 3. The number of thiazole rings is 3. The summed E-state index contributed by atoms with van der Waals surface area (Å²) in [6.45, 7) is 30.0. The lowest BCUT2D eigenvalue weighted by Crippen LogP contribution is -2.00. The standard InChI is InChI=1S/3C10H9N5S.6C2H6/c1-6-2-7(8-3-16-5-13-8)9-10(11)12-4-14-15(6)9;1-6-2-7(8-3-12-5-16-8)9-10(11)13-4-14-15(6)9;1-6-4-7(10-12-2-3-16-10)8-9(11)13-5-14-15(6)8;6*1-2/h2-5H,1H3,(H2,11,12,14);2*2-5H,1H3,(H2,11,13,14);6*1-2H3. The van der Waals surface area contributed by atoms with Crippen molar-refractivity contribution in [1.29, 1.82) is 0 Å². The molecule has 0 radical (unpaired) electrons. The number of nitrogen functional groups attached to an aromatic ring is 3. The van der Waals surface area contributed by atoms with E-state index in [1.54, 1.807) is 64.8 Å². The predicted molar refractivity (Wildman–Crippen MR) is 258 cm³/mol. The minimum absolute atomic E-state index is 0.478. The van der Waals surface area contributed by atoms with E-state index in [0.717, 1.165) is 65.9 Å². The molecule has 15 nitrogen and oxygen atoms in total. The van der Waals surface area contributed by atoms with Gasteiger partial charge in [0.25, 0.3) is 0 Å². The van der Waals surface area contributed by atoms with Gasteiger partial charge < -0.3 is 17.2 Å². The van der Waals surface area contributed by atoms with Gasteiger partial charge in [-0.15, -0.1) is 34.0 Å². The SMILES string of the molecule is CC.CC.CC.CC.CC.CC.Cc1cc(-c2cncs2)c2c(N)ncnn12.Cc1cc(-c2cscn2)c2c(N)ncnn12.Cc1cc(-c2nccs2)c2c(N)ncnn12. The second kappa shape index (κ2) is 27.8. The summed E-state index contributed by atoms with van der Waals surface area (Å²) in [6.07, 6.45) is 7.98. The Hall–Kier alpha value is -5.85. The smallest absolute Gasteiger partial charge is 0.152 e. The molecule has 9 rings (SSSR count). The van der Waals surface area contributed by atoms with Crippen LogP contribution in [0, 0.1) is 20.8 Å². The Bertz CT molecular complexity index is 2210. The average Bonchev–Trinajstić information content (AvgIpc) is 4.17. The highest BCUT2D eigenvalue weighted by Crippen LogP contribution is 2.33. The third-order valence-corrected chi connectivity index (χ3v) is 9.55. The van der Waals surface area contributed by atoms with Gasteiger partial charge in [0.15, 0.2) is 17.5 Å². The normalized spacial score (nSPS) is 9.45. The summed E-state index contributed by atoms with van der Waals surface area (Å²) in [6, 6.07) is 6.10. The van der Waals surface area contributed by atoms with Gasteiger partial charge in [0.1, 0.15) is 40.5 Å². The first-order chi connectivity index (χ1) is 29.3. The Morgan fingerprint density at radius 1 is 0.500 bits per heavy atom. The van der Waals surface area contributed by atoms with Crippen LogP contribution in [-0.2, 0) is 0 Å². The summed E-state index contributed by atoms with van der Waals surface area (Å²) in [7, 11) is 0. The molecule has 9 aromatic heterocycles. The van der Waals surface area contributed by atoms with Crippen molar-refractivity contribution in [1.82, 2.24) is 58.7 Å². The minimum atomic E-state index is 0.478. The fourth-order valence-electron chi connectivity index (χ4n) is 5.27. The maximum atomic E-state index is 5.89. The van der Waals surface area contributed by atoms with E-state index in [-0.39, 0.29) is 0 Å². The maximum Gasteiger partial charge on any atom is 0.152 e. The van der Waals surface area contributed by atoms with Crippen LogP contribution in [0.5, 0.6) is 0 Å². The van der Waals surface area contributed by atoms with E-state index in [9.17, 15) is 0 Å². The first-order valence-electron chi connectivity index (χ1n) is 20.3. The second-order valence-corrected chi connectivity index (χ2v) is 12.9. The Balaban J connectivity index is 0.000000399. The van der Waals surface area contributed by atoms with E-state index in [1.807, 2.05) is 139 Å². The molecule has 0 aliphatic carbocycles. The zero-order valence-corrected chi connectivity index (χ0v) is 40.2. The molecule has 9 aromatic rings. The maximum absolute atomic E-state index is 5.89. The molecule has 0 saturated heterocycles. The molecule has 0 unspecified atom stereocenters. The lowest BCUT2D eigenvalue weighted by molar-refractivity contribution is 0.875. The van der Waals surface area contributed by atoms with E-state index in [2.05, 4.69) is 45.2 Å². The molecule has 9 heterocycles. The highest BCUT2D eigenvalue weighted by atomic mass is 32.1. The summed E-state index contributed by atoms with van der Waals surface area (Å²) in [5, 5.41) is 17.4. The van der Waals surface area contributed by atoms with Crippen LogP contribution in [0.4, 0.5) is 17.5 Å². The van der Waals surface area contributed by atoms with Gasteiger partial charge >= 0.3 is 0 Å². The van der Waals surface area contributed by atoms with Gasteiger partial charge in [0.2, 0.25) is 0 Å². The zero-order valence-electron chi connectivity index (χ0n) is 37.8. The number of nitrogens with zero attached hydrogens (tertiary/aromatic N) is 12. The Morgan fingerprint density at radius 2 is 0.933 bits per heavy atom. The van der Waals surface area contributed by atoms with Crippen LogP contribution in [0.2, 0.25) is 0 Å². The third kappa shape index (κ3) is 12.3. The van der Waals surface area contributed by atoms with Crippen molar-refractivity contribution < 1.29 is 0 Å². The highest BCUT2D eigenvalue weighted by Gasteiger charge is 2.16. The van der Waals surface area contributed by atoms with Crippen LogP contribution in [0.25, 0.3) is 48.8 Å². The number of nitrogens with two attached hydrogens (primary N) is 3. The van der Waals surface area contributed by atoms with Crippen molar-refractivity contribution in [2.24, 2.45) is 0 Å². The summed E-state index contributed by atoms with van der Waals surface area (Å²) in [5.74, 6) is 1.45. The summed E-state index contributed by atoms with van der Waals surface area (Å²) >= 11 is 4.71. The molecule has 18 heteroatoms. The van der Waals surface area contributed by atoms with Gasteiger partial charge in [0.05, 0.1) is 21.6 Å². The number of anilines is 3. The van der Waals surface area contributed by atoms with Crippen LogP contribution >= 0.6 is 34.0 Å². The lowest BCUT2D eigenvalue weighted by atomic mass is 10.2. The molecular formula is C42H63N15S3. The van der Waals surface area contributed by atoms with Crippen molar-refractivity contribution in [3.63, 3.8) is 0 Å². The number of aromatic nitrogens is 12. The summed E-state index contributed by atoms with van der Waals surface area (Å²) < 4.78 is 5.38. The fourth-order valence-corrected chi connectivity index (χ4v) is 7.12. The largest absolute Gasteiger partial charge is 0.382 e. The van der Waals surface area contributed by atoms with Crippen molar-refractivity contribution >= 4 is 68.0 Å². The Kier molecular flexibility index (Phi) is 24.1. The Morgan fingerprint density at radius 3 is 1.33 bits per heavy atom. The van der Waals surface area contributed by atoms with Crippen LogP contribution in [0.3, 0.4) is 0 Å². The quantitative estimate of drug-likeness (QED) is 0.151. The lowest BCUT2D eigenvalue weighted by Gasteiger charge is -1.99. The number of aryl methyl sites for hydroxylation is 3. The molecule has 0 saturated carbocycles. The molecule has 324 valence electrons. The van der Waals surface area contributed by atoms with Gasteiger partial charge in [0, 0.05) is 56.9 Å². The molecule has 0 spiro atoms. The zero-order chi connectivity index (χ0) is 45.4. The van der Waals surface area contributed by atoms with Crippen LogP contribution in [0.1, 0.15) is 100 Å². The molecule has 60 heavy (non-hydrogen) atoms. The van der Waals surface area contributed by atoms with Gasteiger partial charge in [-0.3, -0.25) is 4.98 Å². The van der Waals surface area contributed by atoms with Crippen molar-refractivity contribution in [2.75, 3.05) is 17.2 Å². The summed E-state index contributed by atoms with van der Waals surface area (Å²) in [5.41, 5.74) is 30.8. The van der Waals surface area contributed by atoms with Gasteiger partial charge in [-0.05, 0) is 39.0 Å². The first-order valence-corrected chi connectivity index (χ1v) is 23.0. The van der Waals surface area contributed by atoms with E-state index in [4.69, 9.17) is 17.2 Å². The topological polar surface area (TPSA) is 207 Å². The van der Waals surface area contributed by atoms with E-state index >= 15 is 0 Å². The van der Waals surface area contributed by atoms with E-state index in [0.29, 0.717) is 17.5 Å². The fraction of sp³-hybridized carbons (Fsp3) is 0.357. The van der Waals surface area contributed by atoms with E-state index in [1.165, 1.54) is 19.0 Å². The first kappa shape index (κ1) is 52.2. The molecule has 0 aliphatic rings. The second-order valence-electron chi connectivity index (χ2n) is 10.4. The molecule has 0 atom stereocenters. The van der Waals surface area contributed by atoms with Crippen LogP contribution in [0.15, 0.2) is 71.4 Å². The van der Waals surface area contributed by atoms with Crippen LogP contribution in [-0.4, -0.2) is 58.7 Å². The Labute approximate surface area is 366 Å². The average molecular weight is 874 g/mol. The molecule has 0 fully saturated rings.